The van der Waals surface area contributed by atoms with E-state index in [4.69, 9.17) is 0 Å². The summed E-state index contributed by atoms with van der Waals surface area (Å²) in [6.45, 7) is 0. The van der Waals surface area contributed by atoms with Gasteiger partial charge in [-0.15, -0.1) is 0 Å². The molecule has 7 nitrogen and oxygen atoms in total. The Balaban J connectivity index is 1.91. The van der Waals surface area contributed by atoms with Crippen LogP contribution in [0, 0.1) is 0 Å². The molecule has 0 radical (unpaired) electrons. The first kappa shape index (κ1) is 14.3. The molecule has 1 heterocycles. The van der Waals surface area contributed by atoms with Crippen molar-refractivity contribution in [1.29, 1.82) is 0 Å². The molecule has 0 spiro atoms. The van der Waals surface area contributed by atoms with Gasteiger partial charge in [0.25, 0.3) is 11.8 Å². The van der Waals surface area contributed by atoms with E-state index in [1.54, 1.807) is 42.6 Å². The summed E-state index contributed by atoms with van der Waals surface area (Å²) in [5.74, 6) is -0.831. The zero-order chi connectivity index (χ0) is 15.1. The molecule has 2 rings (SSSR count). The Morgan fingerprint density at radius 1 is 1.14 bits per heavy atom. The van der Waals surface area contributed by atoms with Crippen LogP contribution < -0.4 is 10.9 Å². The first-order chi connectivity index (χ1) is 10.2. The van der Waals surface area contributed by atoms with Crippen LogP contribution in [-0.2, 0) is 4.84 Å². The third-order valence-corrected chi connectivity index (χ3v) is 2.61. The summed E-state index contributed by atoms with van der Waals surface area (Å²) < 4.78 is 0. The van der Waals surface area contributed by atoms with Crippen LogP contribution in [0.15, 0.2) is 47.8 Å². The highest BCUT2D eigenvalue weighted by Crippen LogP contribution is 2.02. The maximum Gasteiger partial charge on any atom is 0.286 e. The summed E-state index contributed by atoms with van der Waals surface area (Å²) in [6, 6.07) is 9.96. The standard InChI is InChI=1S/C14H14N4O3/c1-21-16-9-10-4-6-11(7-5-10)13(19)17-18-14(20)12-3-2-8-15-12/h2-9,15H,1H3,(H,17,19)(H,18,20)/b16-9+. The van der Waals surface area contributed by atoms with Gasteiger partial charge in [0.05, 0.1) is 6.21 Å². The Morgan fingerprint density at radius 2 is 1.86 bits per heavy atom. The molecule has 0 atom stereocenters. The number of oxime groups is 1. The number of hydrogen-bond acceptors (Lipinski definition) is 4. The molecule has 7 heteroatoms. The molecule has 1 aromatic carbocycles. The van der Waals surface area contributed by atoms with E-state index in [1.165, 1.54) is 13.3 Å². The molecule has 0 saturated heterocycles. The van der Waals surface area contributed by atoms with E-state index in [-0.39, 0.29) is 0 Å². The van der Waals surface area contributed by atoms with Gasteiger partial charge in [-0.1, -0.05) is 17.3 Å². The van der Waals surface area contributed by atoms with Crippen LogP contribution in [-0.4, -0.2) is 30.1 Å². The number of nitrogens with one attached hydrogen (secondary N) is 3. The molecule has 2 aromatic rings. The van der Waals surface area contributed by atoms with Crippen molar-refractivity contribution in [2.45, 2.75) is 0 Å². The van der Waals surface area contributed by atoms with E-state index in [9.17, 15) is 9.59 Å². The average molecular weight is 286 g/mol. The van der Waals surface area contributed by atoms with E-state index in [0.29, 0.717) is 11.3 Å². The van der Waals surface area contributed by atoms with Crippen LogP contribution >= 0.6 is 0 Å². The van der Waals surface area contributed by atoms with E-state index in [1.807, 2.05) is 0 Å². The lowest BCUT2D eigenvalue weighted by Gasteiger charge is -2.06. The van der Waals surface area contributed by atoms with Crippen molar-refractivity contribution in [2.24, 2.45) is 5.16 Å². The zero-order valence-electron chi connectivity index (χ0n) is 11.3. The molecular weight excluding hydrogens is 272 g/mol. The minimum Gasteiger partial charge on any atom is -0.399 e. The number of hydrazine groups is 1. The number of aromatic nitrogens is 1. The third kappa shape index (κ3) is 3.93. The Morgan fingerprint density at radius 3 is 2.48 bits per heavy atom. The lowest BCUT2D eigenvalue weighted by Crippen LogP contribution is -2.41. The van der Waals surface area contributed by atoms with Crippen molar-refractivity contribution in [3.63, 3.8) is 0 Å². The van der Waals surface area contributed by atoms with Crippen LogP contribution in [0.3, 0.4) is 0 Å². The Hall–Kier alpha value is -3.09. The van der Waals surface area contributed by atoms with Gasteiger partial charge in [0, 0.05) is 11.8 Å². The van der Waals surface area contributed by atoms with Crippen molar-refractivity contribution < 1.29 is 14.4 Å². The van der Waals surface area contributed by atoms with Gasteiger partial charge < -0.3 is 9.82 Å². The predicted octanol–water partition coefficient (Wildman–Crippen LogP) is 1.07. The molecule has 2 amide bonds. The molecule has 1 aromatic heterocycles. The average Bonchev–Trinajstić information content (AvgIpc) is 3.05. The van der Waals surface area contributed by atoms with Crippen molar-refractivity contribution in [3.05, 3.63) is 59.4 Å². The molecule has 21 heavy (non-hydrogen) atoms. The fraction of sp³-hybridized carbons (Fsp3) is 0.0714. The van der Waals surface area contributed by atoms with E-state index in [0.717, 1.165) is 5.56 Å². The molecule has 0 aliphatic rings. The second-order valence-electron chi connectivity index (χ2n) is 4.03. The Kier molecular flexibility index (Phi) is 4.70. The number of hydrogen-bond donors (Lipinski definition) is 3. The van der Waals surface area contributed by atoms with Crippen molar-refractivity contribution >= 4 is 18.0 Å². The van der Waals surface area contributed by atoms with Crippen LogP contribution in [0.25, 0.3) is 0 Å². The molecule has 0 unspecified atom stereocenters. The number of aromatic amines is 1. The van der Waals surface area contributed by atoms with Gasteiger partial charge in [0.15, 0.2) is 0 Å². The first-order valence-corrected chi connectivity index (χ1v) is 6.11. The number of H-pyrrole nitrogens is 1. The fourth-order valence-corrected chi connectivity index (χ4v) is 1.56. The van der Waals surface area contributed by atoms with Gasteiger partial charge in [-0.25, -0.2) is 0 Å². The van der Waals surface area contributed by atoms with Gasteiger partial charge in [0.1, 0.15) is 12.8 Å². The first-order valence-electron chi connectivity index (χ1n) is 6.11. The minimum atomic E-state index is -0.419. The largest absolute Gasteiger partial charge is 0.399 e. The number of rotatable bonds is 4. The molecule has 3 N–H and O–H groups in total. The number of carbonyl (C=O) groups excluding carboxylic acids is 2. The van der Waals surface area contributed by atoms with Crippen molar-refractivity contribution in [1.82, 2.24) is 15.8 Å². The van der Waals surface area contributed by atoms with Crippen LogP contribution in [0.4, 0.5) is 0 Å². The van der Waals surface area contributed by atoms with Crippen LogP contribution in [0.2, 0.25) is 0 Å². The molecule has 0 aliphatic carbocycles. The second kappa shape index (κ2) is 6.90. The lowest BCUT2D eigenvalue weighted by molar-refractivity contribution is 0.0844. The normalized spacial score (nSPS) is 10.3. The second-order valence-corrected chi connectivity index (χ2v) is 4.03. The Bertz CT molecular complexity index is 633. The van der Waals surface area contributed by atoms with E-state index in [2.05, 4.69) is 25.8 Å². The van der Waals surface area contributed by atoms with Crippen molar-refractivity contribution in [2.75, 3.05) is 7.11 Å². The minimum absolute atomic E-state index is 0.362. The highest BCUT2D eigenvalue weighted by molar-refractivity contribution is 5.98. The van der Waals surface area contributed by atoms with Gasteiger partial charge >= 0.3 is 0 Å². The maximum atomic E-state index is 11.8. The maximum absolute atomic E-state index is 11.8. The van der Waals surface area contributed by atoms with Gasteiger partial charge in [-0.3, -0.25) is 20.4 Å². The number of amides is 2. The fourth-order valence-electron chi connectivity index (χ4n) is 1.56. The summed E-state index contributed by atoms with van der Waals surface area (Å²) in [5, 5.41) is 3.62. The highest BCUT2D eigenvalue weighted by atomic mass is 16.6. The van der Waals surface area contributed by atoms with Gasteiger partial charge in [-0.2, -0.15) is 0 Å². The van der Waals surface area contributed by atoms with Gasteiger partial charge in [-0.05, 0) is 29.8 Å². The molecular formula is C14H14N4O3. The van der Waals surface area contributed by atoms with Crippen LogP contribution in [0.1, 0.15) is 26.4 Å². The zero-order valence-corrected chi connectivity index (χ0v) is 11.3. The quantitative estimate of drug-likeness (QED) is 0.579. The molecule has 0 saturated carbocycles. The summed E-state index contributed by atoms with van der Waals surface area (Å²) in [5.41, 5.74) is 6.22. The SMILES string of the molecule is CO/N=C/c1ccc(C(=O)NNC(=O)c2ccc[nH]2)cc1. The van der Waals surface area contributed by atoms with Crippen molar-refractivity contribution in [3.8, 4) is 0 Å². The third-order valence-electron chi connectivity index (χ3n) is 2.61. The van der Waals surface area contributed by atoms with E-state index >= 15 is 0 Å². The number of benzene rings is 1. The summed E-state index contributed by atoms with van der Waals surface area (Å²) in [4.78, 5) is 30.8. The topological polar surface area (TPSA) is 95.6 Å². The summed E-state index contributed by atoms with van der Waals surface area (Å²) in [7, 11) is 1.45. The van der Waals surface area contributed by atoms with Crippen LogP contribution in [0.5, 0.6) is 0 Å². The number of nitrogens with zero attached hydrogens (tertiary/aromatic N) is 1. The summed E-state index contributed by atoms with van der Waals surface area (Å²) >= 11 is 0. The molecule has 0 fully saturated rings. The van der Waals surface area contributed by atoms with Gasteiger partial charge in [0.2, 0.25) is 0 Å². The molecule has 0 aliphatic heterocycles. The smallest absolute Gasteiger partial charge is 0.286 e. The predicted molar refractivity (Wildman–Crippen MR) is 76.8 cm³/mol. The monoisotopic (exact) mass is 286 g/mol. The molecule has 108 valence electrons. The lowest BCUT2D eigenvalue weighted by atomic mass is 10.1. The Labute approximate surface area is 121 Å². The number of carbonyl (C=O) groups is 2. The summed E-state index contributed by atoms with van der Waals surface area (Å²) in [6.07, 6.45) is 3.14. The highest BCUT2D eigenvalue weighted by Gasteiger charge is 2.09. The molecule has 0 bridgehead atoms. The van der Waals surface area contributed by atoms with E-state index < -0.39 is 11.8 Å².